The predicted octanol–water partition coefficient (Wildman–Crippen LogP) is 2.94. The normalized spacial score (nSPS) is 11.0. The van der Waals surface area contributed by atoms with E-state index in [2.05, 4.69) is 4.74 Å². The summed E-state index contributed by atoms with van der Waals surface area (Å²) in [6.07, 6.45) is 0. The number of nitro benzene ring substituents is 1. The second-order valence-electron chi connectivity index (χ2n) is 3.80. The van der Waals surface area contributed by atoms with E-state index in [-0.39, 0.29) is 24.5 Å². The fraction of sp³-hybridized carbons (Fsp3) is 0.417. The number of benzene rings is 1. The molecule has 0 bridgehead atoms. The van der Waals surface area contributed by atoms with E-state index in [9.17, 15) is 19.5 Å². The maximum atomic E-state index is 12.2. The van der Waals surface area contributed by atoms with E-state index in [1.54, 1.807) is 13.8 Å². The number of nitro groups is 1. The molecule has 0 radical (unpaired) electrons. The molecule has 0 saturated carbocycles. The standard InChI is InChI=1S/C12H16NO8P/c1-4-19-22(17,20-5-2)21-9-6-7-11(13(15)16)10(8-9)12(14)18-3/h6-8H,4-5H2,1-3H3. The van der Waals surface area contributed by atoms with E-state index in [1.165, 1.54) is 6.07 Å². The zero-order chi connectivity index (χ0) is 16.8. The Morgan fingerprint density at radius 3 is 2.32 bits per heavy atom. The van der Waals surface area contributed by atoms with Gasteiger partial charge in [-0.15, -0.1) is 0 Å². The van der Waals surface area contributed by atoms with Crippen LogP contribution in [0.15, 0.2) is 18.2 Å². The summed E-state index contributed by atoms with van der Waals surface area (Å²) in [6, 6.07) is 3.29. The summed E-state index contributed by atoms with van der Waals surface area (Å²) in [7, 11) is -2.77. The molecule has 0 heterocycles. The number of phosphoric ester groups is 1. The van der Waals surface area contributed by atoms with Crippen LogP contribution < -0.4 is 4.52 Å². The summed E-state index contributed by atoms with van der Waals surface area (Å²) in [5, 5.41) is 10.9. The smallest absolute Gasteiger partial charge is 0.465 e. The van der Waals surface area contributed by atoms with E-state index in [0.29, 0.717) is 0 Å². The SMILES string of the molecule is CCOP(=O)(OCC)Oc1ccc([N+](=O)[O-])c(C(=O)OC)c1. The van der Waals surface area contributed by atoms with Crippen LogP contribution >= 0.6 is 7.82 Å². The number of hydrogen-bond donors (Lipinski definition) is 0. The van der Waals surface area contributed by atoms with E-state index < -0.39 is 24.4 Å². The first-order valence-corrected chi connectivity index (χ1v) is 7.78. The molecular formula is C12H16NO8P. The summed E-state index contributed by atoms with van der Waals surface area (Å²) in [5.74, 6) is -0.990. The van der Waals surface area contributed by atoms with Crippen LogP contribution in [0, 0.1) is 10.1 Å². The van der Waals surface area contributed by atoms with Crippen LogP contribution in [0.1, 0.15) is 24.2 Å². The van der Waals surface area contributed by atoms with Gasteiger partial charge in [0, 0.05) is 12.1 Å². The van der Waals surface area contributed by atoms with Crippen molar-refractivity contribution in [2.45, 2.75) is 13.8 Å². The number of carbonyl (C=O) groups is 1. The minimum atomic E-state index is -3.86. The number of methoxy groups -OCH3 is 1. The lowest BCUT2D eigenvalue weighted by Gasteiger charge is -2.17. The van der Waals surface area contributed by atoms with Gasteiger partial charge >= 0.3 is 13.8 Å². The second kappa shape index (κ2) is 7.88. The van der Waals surface area contributed by atoms with Crippen molar-refractivity contribution < 1.29 is 32.6 Å². The Morgan fingerprint density at radius 1 is 1.27 bits per heavy atom. The molecule has 0 aliphatic carbocycles. The maximum Gasteiger partial charge on any atom is 0.530 e. The van der Waals surface area contributed by atoms with Crippen molar-refractivity contribution in [3.63, 3.8) is 0 Å². The molecule has 1 aromatic rings. The summed E-state index contributed by atoms with van der Waals surface area (Å²) >= 11 is 0. The summed E-state index contributed by atoms with van der Waals surface area (Å²) in [4.78, 5) is 21.8. The number of esters is 1. The minimum Gasteiger partial charge on any atom is -0.465 e. The van der Waals surface area contributed by atoms with E-state index in [4.69, 9.17) is 13.6 Å². The minimum absolute atomic E-state index is 0.0729. The molecule has 0 amide bonds. The Labute approximate surface area is 126 Å². The van der Waals surface area contributed by atoms with Gasteiger partial charge in [-0.2, -0.15) is 0 Å². The van der Waals surface area contributed by atoms with Gasteiger partial charge in [0.05, 0.1) is 25.2 Å². The number of hydrogen-bond acceptors (Lipinski definition) is 8. The average Bonchev–Trinajstić information content (AvgIpc) is 2.46. The fourth-order valence-corrected chi connectivity index (χ4v) is 2.72. The van der Waals surface area contributed by atoms with E-state index >= 15 is 0 Å². The lowest BCUT2D eigenvalue weighted by molar-refractivity contribution is -0.385. The largest absolute Gasteiger partial charge is 0.530 e. The van der Waals surface area contributed by atoms with Crippen molar-refractivity contribution in [1.29, 1.82) is 0 Å². The quantitative estimate of drug-likeness (QED) is 0.309. The maximum absolute atomic E-state index is 12.2. The van der Waals surface area contributed by atoms with Gasteiger partial charge in [0.25, 0.3) is 5.69 Å². The molecule has 0 aliphatic heterocycles. The van der Waals surface area contributed by atoms with Gasteiger partial charge in [-0.25, -0.2) is 9.36 Å². The highest BCUT2D eigenvalue weighted by atomic mass is 31.2. The molecule has 0 unspecified atom stereocenters. The topological polar surface area (TPSA) is 114 Å². The molecule has 9 nitrogen and oxygen atoms in total. The second-order valence-corrected chi connectivity index (χ2v) is 5.40. The molecule has 0 fully saturated rings. The lowest BCUT2D eigenvalue weighted by Crippen LogP contribution is -2.07. The van der Waals surface area contributed by atoms with Gasteiger partial charge in [0.1, 0.15) is 11.3 Å². The monoisotopic (exact) mass is 333 g/mol. The van der Waals surface area contributed by atoms with Crippen LogP contribution in [0.3, 0.4) is 0 Å². The highest BCUT2D eigenvalue weighted by Gasteiger charge is 2.29. The molecule has 22 heavy (non-hydrogen) atoms. The van der Waals surface area contributed by atoms with Crippen LogP contribution in [0.2, 0.25) is 0 Å². The van der Waals surface area contributed by atoms with E-state index in [1.807, 2.05) is 0 Å². The number of carbonyl (C=O) groups excluding carboxylic acids is 1. The zero-order valence-electron chi connectivity index (χ0n) is 12.3. The summed E-state index contributed by atoms with van der Waals surface area (Å²) in [5.41, 5.74) is -0.786. The third kappa shape index (κ3) is 4.52. The molecular weight excluding hydrogens is 317 g/mol. The molecule has 0 aromatic heterocycles. The Bertz CT molecular complexity index is 593. The number of phosphoric acid groups is 1. The first-order chi connectivity index (χ1) is 10.4. The number of nitrogens with zero attached hydrogens (tertiary/aromatic N) is 1. The van der Waals surface area contributed by atoms with Crippen molar-refractivity contribution in [3.8, 4) is 5.75 Å². The van der Waals surface area contributed by atoms with Gasteiger partial charge in [-0.1, -0.05) is 0 Å². The Hall–Kier alpha value is -1.96. The molecule has 1 rings (SSSR count). The first-order valence-electron chi connectivity index (χ1n) is 6.32. The van der Waals surface area contributed by atoms with Gasteiger partial charge in [0.2, 0.25) is 0 Å². The fourth-order valence-electron chi connectivity index (χ4n) is 1.54. The molecule has 0 N–H and O–H groups in total. The molecule has 1 aromatic carbocycles. The van der Waals surface area contributed by atoms with Crippen LogP contribution in [0.5, 0.6) is 5.75 Å². The van der Waals surface area contributed by atoms with Crippen LogP contribution in [0.4, 0.5) is 5.69 Å². The average molecular weight is 333 g/mol. The predicted molar refractivity (Wildman–Crippen MR) is 75.9 cm³/mol. The third-order valence-corrected chi connectivity index (χ3v) is 3.94. The summed E-state index contributed by atoms with van der Waals surface area (Å²) in [6.45, 7) is 3.36. The van der Waals surface area contributed by atoms with E-state index in [0.717, 1.165) is 19.2 Å². The van der Waals surface area contributed by atoms with Crippen LogP contribution in [0.25, 0.3) is 0 Å². The van der Waals surface area contributed by atoms with Crippen molar-refractivity contribution in [2.24, 2.45) is 0 Å². The third-order valence-electron chi connectivity index (χ3n) is 2.36. The zero-order valence-corrected chi connectivity index (χ0v) is 13.2. The lowest BCUT2D eigenvalue weighted by atomic mass is 10.2. The van der Waals surface area contributed by atoms with Crippen LogP contribution in [-0.4, -0.2) is 31.2 Å². The molecule has 0 spiro atoms. The van der Waals surface area contributed by atoms with Crippen LogP contribution in [-0.2, 0) is 18.3 Å². The highest BCUT2D eigenvalue weighted by molar-refractivity contribution is 7.48. The number of rotatable bonds is 8. The highest BCUT2D eigenvalue weighted by Crippen LogP contribution is 2.49. The Kier molecular flexibility index (Phi) is 6.48. The van der Waals surface area contributed by atoms with Crippen molar-refractivity contribution in [3.05, 3.63) is 33.9 Å². The summed E-state index contributed by atoms with van der Waals surface area (Å²) < 4.78 is 31.7. The Balaban J connectivity index is 3.18. The molecule has 122 valence electrons. The molecule has 0 aliphatic rings. The van der Waals surface area contributed by atoms with Gasteiger partial charge in [-0.05, 0) is 19.9 Å². The Morgan fingerprint density at radius 2 is 1.86 bits per heavy atom. The first kappa shape index (κ1) is 18.1. The number of ether oxygens (including phenoxy) is 1. The van der Waals surface area contributed by atoms with Gasteiger partial charge in [0.15, 0.2) is 0 Å². The molecule has 0 atom stereocenters. The van der Waals surface area contributed by atoms with Gasteiger partial charge < -0.3 is 9.26 Å². The van der Waals surface area contributed by atoms with Crippen molar-refractivity contribution in [1.82, 2.24) is 0 Å². The van der Waals surface area contributed by atoms with Crippen molar-refractivity contribution in [2.75, 3.05) is 20.3 Å². The van der Waals surface area contributed by atoms with Gasteiger partial charge in [-0.3, -0.25) is 19.2 Å². The van der Waals surface area contributed by atoms with Crippen molar-refractivity contribution >= 4 is 19.5 Å². The molecule has 0 saturated heterocycles. The molecule has 10 heteroatoms.